The summed E-state index contributed by atoms with van der Waals surface area (Å²) in [5.41, 5.74) is 1.58. The average Bonchev–Trinajstić information content (AvgIpc) is 2.96. The van der Waals surface area contributed by atoms with Crippen LogP contribution in [0.15, 0.2) is 36.4 Å². The molecule has 0 aliphatic carbocycles. The monoisotopic (exact) mass is 530 g/mol. The molecule has 0 radical (unpaired) electrons. The summed E-state index contributed by atoms with van der Waals surface area (Å²) in [6, 6.07) is 11.1. The molecule has 2 rings (SSSR count). The molecule has 2 N–H and O–H groups in total. The second-order valence-corrected chi connectivity index (χ2v) is 10.2. The highest BCUT2D eigenvalue weighted by atomic mass is 16.5. The Hall–Kier alpha value is -2.44. The first-order valence-corrected chi connectivity index (χ1v) is 14.3. The van der Waals surface area contributed by atoms with Gasteiger partial charge in [0.15, 0.2) is 0 Å². The van der Waals surface area contributed by atoms with E-state index in [1.165, 1.54) is 25.7 Å². The van der Waals surface area contributed by atoms with Crippen molar-refractivity contribution in [3.05, 3.63) is 47.5 Å². The minimum absolute atomic E-state index is 0.0412. The van der Waals surface area contributed by atoms with Crippen LogP contribution in [-0.2, 0) is 13.2 Å². The Labute approximate surface area is 230 Å². The van der Waals surface area contributed by atoms with Crippen molar-refractivity contribution in [2.45, 2.75) is 85.4 Å². The van der Waals surface area contributed by atoms with Gasteiger partial charge in [-0.3, -0.25) is 0 Å². The number of aliphatic hydroxyl groups excluding tert-OH is 2. The average molecular weight is 531 g/mol. The molecule has 0 saturated carbocycles. The molecule has 0 aliphatic heterocycles. The summed E-state index contributed by atoms with van der Waals surface area (Å²) in [6.07, 6.45) is 9.16. The number of rotatable bonds is 20. The van der Waals surface area contributed by atoms with Crippen molar-refractivity contribution >= 4 is 0 Å². The first kappa shape index (κ1) is 31.8. The third-order valence-corrected chi connectivity index (χ3v) is 7.84. The van der Waals surface area contributed by atoms with Crippen molar-refractivity contribution in [3.8, 4) is 23.0 Å². The fraction of sp³-hybridized carbons (Fsp3) is 0.625. The Morgan fingerprint density at radius 1 is 0.605 bits per heavy atom. The van der Waals surface area contributed by atoms with Crippen LogP contribution in [0.4, 0.5) is 0 Å². The summed E-state index contributed by atoms with van der Waals surface area (Å²) in [6.45, 7) is 8.05. The lowest BCUT2D eigenvalue weighted by Gasteiger charge is -2.24. The van der Waals surface area contributed by atoms with Gasteiger partial charge in [-0.1, -0.05) is 52.9 Å². The fourth-order valence-electron chi connectivity index (χ4n) is 5.00. The second-order valence-electron chi connectivity index (χ2n) is 10.2. The van der Waals surface area contributed by atoms with Crippen molar-refractivity contribution in [2.75, 3.05) is 27.4 Å². The molecule has 0 aliphatic rings. The summed E-state index contributed by atoms with van der Waals surface area (Å²) in [5, 5.41) is 19.2. The molecule has 0 bridgehead atoms. The minimum atomic E-state index is -0.0415. The van der Waals surface area contributed by atoms with Gasteiger partial charge in [0.25, 0.3) is 0 Å². The van der Waals surface area contributed by atoms with Gasteiger partial charge in [0.1, 0.15) is 23.0 Å². The molecule has 0 aromatic heterocycles. The zero-order chi connectivity index (χ0) is 27.8. The molecule has 2 aromatic carbocycles. The quantitative estimate of drug-likeness (QED) is 0.189. The highest BCUT2D eigenvalue weighted by Gasteiger charge is 2.17. The van der Waals surface area contributed by atoms with E-state index in [9.17, 15) is 10.2 Å². The van der Waals surface area contributed by atoms with Gasteiger partial charge in [-0.25, -0.2) is 0 Å². The molecular weight excluding hydrogens is 480 g/mol. The molecule has 0 heterocycles. The molecular formula is C32H50O6. The summed E-state index contributed by atoms with van der Waals surface area (Å²) in [7, 11) is 3.28. The van der Waals surface area contributed by atoms with Gasteiger partial charge in [-0.2, -0.15) is 0 Å². The van der Waals surface area contributed by atoms with Crippen molar-refractivity contribution in [1.82, 2.24) is 0 Å². The van der Waals surface area contributed by atoms with E-state index in [0.29, 0.717) is 42.5 Å². The molecule has 6 nitrogen and oxygen atoms in total. The molecule has 38 heavy (non-hydrogen) atoms. The van der Waals surface area contributed by atoms with Gasteiger partial charge in [0, 0.05) is 23.3 Å². The molecule has 0 saturated heterocycles. The van der Waals surface area contributed by atoms with Crippen LogP contribution in [0.2, 0.25) is 0 Å². The Balaban J connectivity index is 1.80. The van der Waals surface area contributed by atoms with Gasteiger partial charge in [-0.05, 0) is 61.3 Å². The van der Waals surface area contributed by atoms with Crippen molar-refractivity contribution in [1.29, 1.82) is 0 Å². The number of benzene rings is 2. The lowest BCUT2D eigenvalue weighted by atomic mass is 9.83. The zero-order valence-corrected chi connectivity index (χ0v) is 24.2. The van der Waals surface area contributed by atoms with Gasteiger partial charge >= 0.3 is 0 Å². The number of hydrogen-bond acceptors (Lipinski definition) is 6. The van der Waals surface area contributed by atoms with E-state index in [1.807, 2.05) is 36.4 Å². The van der Waals surface area contributed by atoms with Gasteiger partial charge in [0.2, 0.25) is 0 Å². The van der Waals surface area contributed by atoms with E-state index in [0.717, 1.165) is 48.3 Å². The van der Waals surface area contributed by atoms with Gasteiger partial charge in [-0.15, -0.1) is 0 Å². The van der Waals surface area contributed by atoms with E-state index in [1.54, 1.807) is 14.2 Å². The van der Waals surface area contributed by atoms with E-state index in [-0.39, 0.29) is 13.2 Å². The molecule has 0 amide bonds. The summed E-state index contributed by atoms with van der Waals surface area (Å²) >= 11 is 0. The van der Waals surface area contributed by atoms with Crippen LogP contribution in [0.25, 0.3) is 0 Å². The minimum Gasteiger partial charge on any atom is -0.497 e. The Morgan fingerprint density at radius 3 is 1.45 bits per heavy atom. The fourth-order valence-corrected chi connectivity index (χ4v) is 5.00. The SMILES string of the molecule is CCC(CCOc1cc(OC)ccc1CO)CCC(CC)CC(CC)CCOc1cc(OC)ccc1CO. The van der Waals surface area contributed by atoms with Crippen molar-refractivity contribution in [3.63, 3.8) is 0 Å². The smallest absolute Gasteiger partial charge is 0.128 e. The molecule has 3 atom stereocenters. The molecule has 0 spiro atoms. The van der Waals surface area contributed by atoms with Crippen molar-refractivity contribution in [2.24, 2.45) is 17.8 Å². The van der Waals surface area contributed by atoms with E-state index >= 15 is 0 Å². The van der Waals surface area contributed by atoms with Crippen LogP contribution in [0.5, 0.6) is 23.0 Å². The van der Waals surface area contributed by atoms with Crippen LogP contribution in [0.1, 0.15) is 83.3 Å². The molecule has 214 valence electrons. The number of ether oxygens (including phenoxy) is 4. The van der Waals surface area contributed by atoms with E-state index in [2.05, 4.69) is 20.8 Å². The standard InChI is InChI=1S/C32H50O6/c1-6-24(15-17-37-31-20-29(35-4)13-11-27(31)22-33)9-10-25(7-2)19-26(8-3)16-18-38-32-21-30(36-5)14-12-28(32)23-34/h11-14,20-21,24-26,33-34H,6-10,15-19,22-23H2,1-5H3. The number of hydrogen-bond donors (Lipinski definition) is 2. The topological polar surface area (TPSA) is 77.4 Å². The predicted molar refractivity (Wildman–Crippen MR) is 153 cm³/mol. The highest BCUT2D eigenvalue weighted by Crippen LogP contribution is 2.30. The third-order valence-electron chi connectivity index (χ3n) is 7.84. The van der Waals surface area contributed by atoms with Gasteiger partial charge in [0.05, 0.1) is 40.6 Å². The Morgan fingerprint density at radius 2 is 1.03 bits per heavy atom. The Bertz CT molecular complexity index is 915. The maximum absolute atomic E-state index is 9.62. The maximum Gasteiger partial charge on any atom is 0.128 e. The molecule has 3 unspecified atom stereocenters. The van der Waals surface area contributed by atoms with E-state index < -0.39 is 0 Å². The predicted octanol–water partition coefficient (Wildman–Crippen LogP) is 7.18. The first-order valence-electron chi connectivity index (χ1n) is 14.3. The van der Waals surface area contributed by atoms with Gasteiger partial charge < -0.3 is 29.2 Å². The number of aliphatic hydroxyl groups is 2. The van der Waals surface area contributed by atoms with E-state index in [4.69, 9.17) is 18.9 Å². The maximum atomic E-state index is 9.62. The van der Waals surface area contributed by atoms with Crippen LogP contribution >= 0.6 is 0 Å². The Kier molecular flexibility index (Phi) is 15.0. The lowest BCUT2D eigenvalue weighted by molar-refractivity contribution is 0.221. The number of methoxy groups -OCH3 is 2. The highest BCUT2D eigenvalue weighted by molar-refractivity contribution is 5.41. The molecule has 6 heteroatoms. The lowest BCUT2D eigenvalue weighted by Crippen LogP contribution is -2.14. The van der Waals surface area contributed by atoms with Crippen LogP contribution < -0.4 is 18.9 Å². The molecule has 2 aromatic rings. The largest absolute Gasteiger partial charge is 0.497 e. The molecule has 0 fully saturated rings. The first-order chi connectivity index (χ1) is 18.5. The summed E-state index contributed by atoms with van der Waals surface area (Å²) in [4.78, 5) is 0. The summed E-state index contributed by atoms with van der Waals surface area (Å²) in [5.74, 6) is 4.85. The van der Waals surface area contributed by atoms with Crippen LogP contribution in [0, 0.1) is 17.8 Å². The van der Waals surface area contributed by atoms with Crippen LogP contribution in [-0.4, -0.2) is 37.6 Å². The summed E-state index contributed by atoms with van der Waals surface area (Å²) < 4.78 is 22.7. The zero-order valence-electron chi connectivity index (χ0n) is 24.2. The normalized spacial score (nSPS) is 13.6. The third kappa shape index (κ3) is 10.4. The van der Waals surface area contributed by atoms with Crippen molar-refractivity contribution < 1.29 is 29.2 Å². The second kappa shape index (κ2) is 18.0. The van der Waals surface area contributed by atoms with Crippen LogP contribution in [0.3, 0.4) is 0 Å².